The monoisotopic (exact) mass is 334 g/mol. The number of aliphatic carboxylic acids is 1. The molecule has 0 aromatic heterocycles. The maximum absolute atomic E-state index is 11.2. The third-order valence-electron chi connectivity index (χ3n) is 3.17. The van der Waals surface area contributed by atoms with E-state index in [-0.39, 0.29) is 0 Å². The van der Waals surface area contributed by atoms with Crippen LogP contribution in [0.25, 0.3) is 0 Å². The highest BCUT2D eigenvalue weighted by molar-refractivity contribution is 7.99. The largest absolute Gasteiger partial charge is 0.480 e. The van der Waals surface area contributed by atoms with Crippen LogP contribution in [0.15, 0.2) is 23.1 Å². The number of hydrogen-bond donors (Lipinski definition) is 2. The predicted molar refractivity (Wildman–Crippen MR) is 83.1 cm³/mol. The number of thioether (sulfide) groups is 1. The van der Waals surface area contributed by atoms with Gasteiger partial charge in [0.25, 0.3) is 0 Å². The van der Waals surface area contributed by atoms with Crippen molar-refractivity contribution in [1.82, 2.24) is 10.2 Å². The van der Waals surface area contributed by atoms with Gasteiger partial charge in [-0.1, -0.05) is 23.2 Å². The number of halogens is 2. The van der Waals surface area contributed by atoms with Crippen molar-refractivity contribution < 1.29 is 9.90 Å². The summed E-state index contributed by atoms with van der Waals surface area (Å²) in [7, 11) is 0. The zero-order valence-corrected chi connectivity index (χ0v) is 13.1. The quantitative estimate of drug-likeness (QED) is 0.810. The lowest BCUT2D eigenvalue weighted by Crippen LogP contribution is -2.55. The minimum absolute atomic E-state index is 0.445. The Balaban J connectivity index is 1.88. The molecule has 1 aromatic rings. The molecule has 0 aliphatic carbocycles. The van der Waals surface area contributed by atoms with E-state index in [2.05, 4.69) is 5.32 Å². The summed E-state index contributed by atoms with van der Waals surface area (Å²) >= 11 is 13.6. The highest BCUT2D eigenvalue weighted by atomic mass is 35.5. The summed E-state index contributed by atoms with van der Waals surface area (Å²) in [6, 6.07) is 4.92. The Kier molecular flexibility index (Phi) is 5.99. The maximum Gasteiger partial charge on any atom is 0.322 e. The van der Waals surface area contributed by atoms with Gasteiger partial charge in [0.1, 0.15) is 6.04 Å². The number of carbonyl (C=O) groups is 1. The molecule has 2 rings (SSSR count). The van der Waals surface area contributed by atoms with E-state index in [9.17, 15) is 9.90 Å². The minimum atomic E-state index is -0.775. The molecule has 1 atom stereocenters. The van der Waals surface area contributed by atoms with Gasteiger partial charge in [0.2, 0.25) is 0 Å². The molecule has 1 aromatic carbocycles. The summed E-state index contributed by atoms with van der Waals surface area (Å²) in [5.74, 6) is 0.00658. The average molecular weight is 335 g/mol. The second kappa shape index (κ2) is 7.52. The predicted octanol–water partition coefficient (Wildman–Crippen LogP) is 2.44. The van der Waals surface area contributed by atoms with E-state index in [1.807, 2.05) is 11.0 Å². The number of nitrogens with zero attached hydrogens (tertiary/aromatic N) is 1. The molecular formula is C13H16Cl2N2O2S. The van der Waals surface area contributed by atoms with Crippen LogP contribution in [0.5, 0.6) is 0 Å². The van der Waals surface area contributed by atoms with Gasteiger partial charge in [0, 0.05) is 41.8 Å². The number of nitrogens with one attached hydrogen (secondary N) is 1. The SMILES string of the molecule is O=C(O)C1CNCCN1CCSc1cc(Cl)ccc1Cl. The molecule has 7 heteroatoms. The van der Waals surface area contributed by atoms with Gasteiger partial charge in [-0.15, -0.1) is 11.8 Å². The number of benzene rings is 1. The van der Waals surface area contributed by atoms with Crippen LogP contribution in [0.3, 0.4) is 0 Å². The molecule has 110 valence electrons. The van der Waals surface area contributed by atoms with Crippen LogP contribution >= 0.6 is 35.0 Å². The molecule has 20 heavy (non-hydrogen) atoms. The van der Waals surface area contributed by atoms with Crippen molar-refractivity contribution in [3.8, 4) is 0 Å². The molecule has 1 saturated heterocycles. The van der Waals surface area contributed by atoms with E-state index < -0.39 is 12.0 Å². The van der Waals surface area contributed by atoms with Gasteiger partial charge in [-0.25, -0.2) is 0 Å². The number of carboxylic acid groups (broad SMARTS) is 1. The molecule has 0 bridgehead atoms. The van der Waals surface area contributed by atoms with Crippen LogP contribution in [-0.4, -0.2) is 53.9 Å². The topological polar surface area (TPSA) is 52.6 Å². The number of hydrogen-bond acceptors (Lipinski definition) is 4. The minimum Gasteiger partial charge on any atom is -0.480 e. The fourth-order valence-corrected chi connectivity index (χ4v) is 3.60. The van der Waals surface area contributed by atoms with Crippen molar-refractivity contribution in [2.45, 2.75) is 10.9 Å². The first-order chi connectivity index (χ1) is 9.58. The number of piperazine rings is 1. The number of rotatable bonds is 5. The highest BCUT2D eigenvalue weighted by Gasteiger charge is 2.27. The molecule has 2 N–H and O–H groups in total. The van der Waals surface area contributed by atoms with Crippen LogP contribution in [-0.2, 0) is 4.79 Å². The molecule has 0 amide bonds. The van der Waals surface area contributed by atoms with E-state index in [0.29, 0.717) is 23.1 Å². The normalized spacial score (nSPS) is 20.0. The summed E-state index contributed by atoms with van der Waals surface area (Å²) < 4.78 is 0. The van der Waals surface area contributed by atoms with Gasteiger partial charge < -0.3 is 10.4 Å². The zero-order chi connectivity index (χ0) is 14.5. The number of carboxylic acids is 1. The molecule has 0 spiro atoms. The van der Waals surface area contributed by atoms with Crippen LogP contribution in [0, 0.1) is 0 Å². The lowest BCUT2D eigenvalue weighted by molar-refractivity contribution is -0.143. The van der Waals surface area contributed by atoms with Crippen LogP contribution in [0.4, 0.5) is 0 Å². The summed E-state index contributed by atoms with van der Waals surface area (Å²) in [6.07, 6.45) is 0. The van der Waals surface area contributed by atoms with E-state index in [0.717, 1.165) is 23.7 Å². The second-order valence-electron chi connectivity index (χ2n) is 4.52. The Morgan fingerprint density at radius 3 is 3.05 bits per heavy atom. The average Bonchev–Trinajstić information content (AvgIpc) is 2.43. The van der Waals surface area contributed by atoms with E-state index in [4.69, 9.17) is 23.2 Å². The van der Waals surface area contributed by atoms with Crippen molar-refractivity contribution >= 4 is 40.9 Å². The van der Waals surface area contributed by atoms with Crippen molar-refractivity contribution in [1.29, 1.82) is 0 Å². The van der Waals surface area contributed by atoms with E-state index in [1.165, 1.54) is 0 Å². The summed E-state index contributed by atoms with van der Waals surface area (Å²) in [5, 5.41) is 13.6. The molecule has 0 saturated carbocycles. The van der Waals surface area contributed by atoms with E-state index >= 15 is 0 Å². The lowest BCUT2D eigenvalue weighted by atomic mass is 10.2. The lowest BCUT2D eigenvalue weighted by Gasteiger charge is -2.33. The van der Waals surface area contributed by atoms with Crippen molar-refractivity contribution in [2.24, 2.45) is 0 Å². The Hall–Kier alpha value is -0.460. The molecule has 0 radical (unpaired) electrons. The third-order valence-corrected chi connectivity index (χ3v) is 4.88. The molecule has 1 unspecified atom stereocenters. The molecule has 1 heterocycles. The molecule has 4 nitrogen and oxygen atoms in total. The van der Waals surface area contributed by atoms with Gasteiger partial charge >= 0.3 is 5.97 Å². The standard InChI is InChI=1S/C13H16Cl2N2O2S/c14-9-1-2-10(15)12(7-9)20-6-5-17-4-3-16-8-11(17)13(18)19/h1-2,7,11,16H,3-6,8H2,(H,18,19). The van der Waals surface area contributed by atoms with Gasteiger partial charge in [-0.2, -0.15) is 0 Å². The molecule has 1 fully saturated rings. The Labute approximate surface area is 132 Å². The van der Waals surface area contributed by atoms with Crippen LogP contribution in [0.2, 0.25) is 10.0 Å². The first-order valence-corrected chi connectivity index (χ1v) is 8.07. The second-order valence-corrected chi connectivity index (χ2v) is 6.50. The summed E-state index contributed by atoms with van der Waals surface area (Å²) in [4.78, 5) is 14.1. The summed E-state index contributed by atoms with van der Waals surface area (Å²) in [6.45, 7) is 2.79. The fraction of sp³-hybridized carbons (Fsp3) is 0.462. The van der Waals surface area contributed by atoms with E-state index in [1.54, 1.807) is 23.9 Å². The van der Waals surface area contributed by atoms with Crippen LogP contribution < -0.4 is 5.32 Å². The first kappa shape index (κ1) is 15.9. The Bertz CT molecular complexity index is 487. The Morgan fingerprint density at radius 2 is 2.30 bits per heavy atom. The van der Waals surface area contributed by atoms with Crippen molar-refractivity contribution in [3.05, 3.63) is 28.2 Å². The van der Waals surface area contributed by atoms with Gasteiger partial charge in [0.05, 0.1) is 5.02 Å². The highest BCUT2D eigenvalue weighted by Crippen LogP contribution is 2.29. The maximum atomic E-state index is 11.2. The van der Waals surface area contributed by atoms with Gasteiger partial charge in [0.15, 0.2) is 0 Å². The Morgan fingerprint density at radius 1 is 1.50 bits per heavy atom. The smallest absolute Gasteiger partial charge is 0.322 e. The zero-order valence-electron chi connectivity index (χ0n) is 10.8. The summed E-state index contributed by atoms with van der Waals surface area (Å²) in [5.41, 5.74) is 0. The van der Waals surface area contributed by atoms with Crippen molar-refractivity contribution in [2.75, 3.05) is 31.9 Å². The van der Waals surface area contributed by atoms with Gasteiger partial charge in [-0.05, 0) is 18.2 Å². The van der Waals surface area contributed by atoms with Crippen molar-refractivity contribution in [3.63, 3.8) is 0 Å². The third kappa shape index (κ3) is 4.27. The molecular weight excluding hydrogens is 319 g/mol. The fourth-order valence-electron chi connectivity index (χ4n) is 2.12. The van der Waals surface area contributed by atoms with Crippen LogP contribution in [0.1, 0.15) is 0 Å². The first-order valence-electron chi connectivity index (χ1n) is 6.33. The molecule has 1 aliphatic rings. The van der Waals surface area contributed by atoms with Gasteiger partial charge in [-0.3, -0.25) is 9.69 Å². The molecule has 1 aliphatic heterocycles.